The smallest absolute Gasteiger partial charge is 0.0350 e. The Morgan fingerprint density at radius 3 is 2.00 bits per heavy atom. The summed E-state index contributed by atoms with van der Waals surface area (Å²) < 4.78 is 0. The van der Waals surface area contributed by atoms with Crippen LogP contribution in [0.15, 0.2) is 0 Å². The summed E-state index contributed by atoms with van der Waals surface area (Å²) in [5.41, 5.74) is 0.600. The Morgan fingerprint density at radius 2 is 1.61 bits per heavy atom. The molecule has 1 atom stereocenters. The lowest BCUT2D eigenvalue weighted by molar-refractivity contribution is 0.0379. The van der Waals surface area contributed by atoms with Crippen molar-refractivity contribution in [1.29, 1.82) is 0 Å². The third kappa shape index (κ3) is 2.59. The third-order valence-electron chi connectivity index (χ3n) is 4.87. The van der Waals surface area contributed by atoms with Crippen LogP contribution >= 0.6 is 0 Å². The van der Waals surface area contributed by atoms with Gasteiger partial charge >= 0.3 is 0 Å². The molecule has 0 aromatic heterocycles. The summed E-state index contributed by atoms with van der Waals surface area (Å²) >= 11 is 0. The van der Waals surface area contributed by atoms with Gasteiger partial charge in [-0.2, -0.15) is 0 Å². The van der Waals surface area contributed by atoms with Crippen LogP contribution in [0.5, 0.6) is 0 Å². The Labute approximate surface area is 113 Å². The monoisotopic (exact) mass is 253 g/mol. The first kappa shape index (κ1) is 14.3. The Balaban J connectivity index is 2.01. The second-order valence-corrected chi connectivity index (χ2v) is 7.99. The van der Waals surface area contributed by atoms with E-state index in [1.165, 1.54) is 26.1 Å². The van der Waals surface area contributed by atoms with Gasteiger partial charge in [0.15, 0.2) is 0 Å². The predicted molar refractivity (Wildman–Crippen MR) is 78.0 cm³/mol. The first-order valence-corrected chi connectivity index (χ1v) is 7.29. The second-order valence-electron chi connectivity index (χ2n) is 7.99. The highest BCUT2D eigenvalue weighted by atomic mass is 15.4. The van der Waals surface area contributed by atoms with Gasteiger partial charge in [0, 0.05) is 42.8 Å². The van der Waals surface area contributed by atoms with Gasteiger partial charge in [-0.3, -0.25) is 9.80 Å². The van der Waals surface area contributed by atoms with Gasteiger partial charge in [-0.25, -0.2) is 0 Å². The van der Waals surface area contributed by atoms with E-state index >= 15 is 0 Å². The van der Waals surface area contributed by atoms with Crippen molar-refractivity contribution in [1.82, 2.24) is 14.7 Å². The SMILES string of the molecule is CN1CC(N(C)C2CN(C(C)(C)C)C(C)(C)C2)C1. The quantitative estimate of drug-likeness (QED) is 0.744. The molecule has 2 rings (SSSR count). The van der Waals surface area contributed by atoms with Gasteiger partial charge in [-0.1, -0.05) is 0 Å². The van der Waals surface area contributed by atoms with Crippen molar-refractivity contribution < 1.29 is 0 Å². The van der Waals surface area contributed by atoms with Crippen LogP contribution < -0.4 is 0 Å². The Bertz CT molecular complexity index is 299. The first-order valence-electron chi connectivity index (χ1n) is 7.29. The van der Waals surface area contributed by atoms with Crippen molar-refractivity contribution in [2.45, 2.75) is 64.2 Å². The van der Waals surface area contributed by atoms with Crippen molar-refractivity contribution in [3.63, 3.8) is 0 Å². The summed E-state index contributed by atoms with van der Waals surface area (Å²) in [6.45, 7) is 15.5. The fourth-order valence-corrected chi connectivity index (χ4v) is 3.89. The number of rotatable bonds is 2. The number of hydrogen-bond donors (Lipinski definition) is 0. The van der Waals surface area contributed by atoms with E-state index < -0.39 is 0 Å². The van der Waals surface area contributed by atoms with E-state index in [4.69, 9.17) is 0 Å². The van der Waals surface area contributed by atoms with Crippen molar-refractivity contribution >= 4 is 0 Å². The number of likely N-dealkylation sites (N-methyl/N-ethyl adjacent to an activating group) is 2. The Kier molecular flexibility index (Phi) is 3.54. The molecule has 0 amide bonds. The van der Waals surface area contributed by atoms with Gasteiger partial charge in [0.2, 0.25) is 0 Å². The molecule has 1 unspecified atom stereocenters. The second kappa shape index (κ2) is 4.46. The minimum atomic E-state index is 0.273. The molecule has 3 heteroatoms. The summed E-state index contributed by atoms with van der Waals surface area (Å²) in [7, 11) is 4.54. The molecule has 106 valence electrons. The molecule has 2 fully saturated rings. The molecule has 2 heterocycles. The number of nitrogens with zero attached hydrogens (tertiary/aromatic N) is 3. The van der Waals surface area contributed by atoms with Gasteiger partial charge in [0.1, 0.15) is 0 Å². The molecular formula is C15H31N3. The largest absolute Gasteiger partial charge is 0.303 e. The zero-order chi connectivity index (χ0) is 13.7. The van der Waals surface area contributed by atoms with Gasteiger partial charge in [0.25, 0.3) is 0 Å². The normalized spacial score (nSPS) is 31.0. The molecule has 2 saturated heterocycles. The fraction of sp³-hybridized carbons (Fsp3) is 1.00. The van der Waals surface area contributed by atoms with Gasteiger partial charge in [-0.15, -0.1) is 0 Å². The summed E-state index contributed by atoms with van der Waals surface area (Å²) in [6, 6.07) is 1.49. The van der Waals surface area contributed by atoms with E-state index in [-0.39, 0.29) is 5.54 Å². The molecule has 0 radical (unpaired) electrons. The van der Waals surface area contributed by atoms with E-state index in [1.807, 2.05) is 0 Å². The maximum atomic E-state index is 2.68. The molecule has 18 heavy (non-hydrogen) atoms. The first-order chi connectivity index (χ1) is 8.11. The molecule has 0 aromatic rings. The van der Waals surface area contributed by atoms with Crippen LogP contribution in [0.1, 0.15) is 41.0 Å². The zero-order valence-corrected chi connectivity index (χ0v) is 13.3. The molecular weight excluding hydrogens is 222 g/mol. The molecule has 3 nitrogen and oxygen atoms in total. The highest BCUT2D eigenvalue weighted by Gasteiger charge is 2.46. The maximum Gasteiger partial charge on any atom is 0.0350 e. The van der Waals surface area contributed by atoms with Gasteiger partial charge in [0.05, 0.1) is 0 Å². The molecule has 2 aliphatic heterocycles. The zero-order valence-electron chi connectivity index (χ0n) is 13.3. The van der Waals surface area contributed by atoms with Crippen LogP contribution in [-0.4, -0.2) is 71.6 Å². The van der Waals surface area contributed by atoms with Crippen molar-refractivity contribution in [2.75, 3.05) is 33.7 Å². The molecule has 2 aliphatic rings. The average molecular weight is 253 g/mol. The number of hydrogen-bond acceptors (Lipinski definition) is 3. The van der Waals surface area contributed by atoms with Crippen molar-refractivity contribution in [2.24, 2.45) is 0 Å². The molecule has 0 saturated carbocycles. The lowest BCUT2D eigenvalue weighted by atomic mass is 9.95. The highest BCUT2D eigenvalue weighted by molar-refractivity contribution is 5.03. The Morgan fingerprint density at radius 1 is 1.06 bits per heavy atom. The summed E-state index contributed by atoms with van der Waals surface area (Å²) in [4.78, 5) is 7.72. The van der Waals surface area contributed by atoms with E-state index in [0.29, 0.717) is 5.54 Å². The minimum absolute atomic E-state index is 0.273. The maximum absolute atomic E-state index is 2.68. The van der Waals surface area contributed by atoms with E-state index in [2.05, 4.69) is 63.4 Å². The fourth-order valence-electron chi connectivity index (χ4n) is 3.89. The van der Waals surface area contributed by atoms with Crippen molar-refractivity contribution in [3.8, 4) is 0 Å². The highest BCUT2D eigenvalue weighted by Crippen LogP contribution is 2.37. The van der Waals surface area contributed by atoms with Crippen LogP contribution in [0, 0.1) is 0 Å². The summed E-state index contributed by atoms with van der Waals surface area (Å²) in [6.07, 6.45) is 1.29. The third-order valence-corrected chi connectivity index (χ3v) is 4.87. The topological polar surface area (TPSA) is 9.72 Å². The Hall–Kier alpha value is -0.120. The van der Waals surface area contributed by atoms with E-state index in [9.17, 15) is 0 Å². The lowest BCUT2D eigenvalue weighted by Gasteiger charge is -2.44. The summed E-state index contributed by atoms with van der Waals surface area (Å²) in [5.74, 6) is 0. The number of likely N-dealkylation sites (tertiary alicyclic amines) is 2. The minimum Gasteiger partial charge on any atom is -0.303 e. The molecule has 0 bridgehead atoms. The lowest BCUT2D eigenvalue weighted by Crippen LogP contribution is -2.59. The van der Waals surface area contributed by atoms with Crippen LogP contribution in [0.25, 0.3) is 0 Å². The van der Waals surface area contributed by atoms with Gasteiger partial charge < -0.3 is 4.90 Å². The molecule has 0 spiro atoms. The molecule has 0 aliphatic carbocycles. The van der Waals surface area contributed by atoms with Gasteiger partial charge in [-0.05, 0) is 55.1 Å². The van der Waals surface area contributed by atoms with Crippen LogP contribution in [0.4, 0.5) is 0 Å². The summed E-state index contributed by atoms with van der Waals surface area (Å²) in [5, 5.41) is 0. The van der Waals surface area contributed by atoms with E-state index in [1.54, 1.807) is 0 Å². The van der Waals surface area contributed by atoms with Crippen LogP contribution in [-0.2, 0) is 0 Å². The van der Waals surface area contributed by atoms with Crippen molar-refractivity contribution in [3.05, 3.63) is 0 Å². The molecule has 0 aromatic carbocycles. The van der Waals surface area contributed by atoms with Crippen LogP contribution in [0.2, 0.25) is 0 Å². The average Bonchev–Trinajstić information content (AvgIpc) is 2.48. The molecule has 0 N–H and O–H groups in total. The predicted octanol–water partition coefficient (Wildman–Crippen LogP) is 1.88. The van der Waals surface area contributed by atoms with E-state index in [0.717, 1.165) is 12.1 Å². The standard InChI is InChI=1S/C15H31N3/c1-14(2,3)18-11-12(8-15(18,4)5)17(7)13-9-16(6)10-13/h12-13H,8-11H2,1-7H3. The van der Waals surface area contributed by atoms with Crippen LogP contribution in [0.3, 0.4) is 0 Å².